The standard InChI is InChI=1S/C10H18N2O2S/c1-11-9(13)8(10(12-14)15-2)7-5-3-4-6-7/h7-8,14H,3-6H2,1-2H3,(H,11,13). The lowest BCUT2D eigenvalue weighted by molar-refractivity contribution is -0.123. The zero-order valence-electron chi connectivity index (χ0n) is 9.19. The summed E-state index contributed by atoms with van der Waals surface area (Å²) in [6.45, 7) is 0. The molecule has 0 aromatic heterocycles. The minimum atomic E-state index is -0.266. The summed E-state index contributed by atoms with van der Waals surface area (Å²) >= 11 is 1.35. The van der Waals surface area contributed by atoms with Crippen molar-refractivity contribution >= 4 is 22.7 Å². The van der Waals surface area contributed by atoms with E-state index in [2.05, 4.69) is 10.5 Å². The minimum absolute atomic E-state index is 0.0379. The van der Waals surface area contributed by atoms with Gasteiger partial charge in [0.15, 0.2) is 0 Å². The van der Waals surface area contributed by atoms with Crippen LogP contribution in [0.1, 0.15) is 25.7 Å². The average Bonchev–Trinajstić information content (AvgIpc) is 2.77. The normalized spacial score (nSPS) is 20.3. The summed E-state index contributed by atoms with van der Waals surface area (Å²) in [5, 5.41) is 15.3. The first-order chi connectivity index (χ1) is 7.24. The Morgan fingerprint density at radius 3 is 2.53 bits per heavy atom. The zero-order chi connectivity index (χ0) is 11.3. The summed E-state index contributed by atoms with van der Waals surface area (Å²) < 4.78 is 0. The van der Waals surface area contributed by atoms with E-state index in [0.29, 0.717) is 11.0 Å². The van der Waals surface area contributed by atoms with E-state index in [-0.39, 0.29) is 11.8 Å². The first-order valence-corrected chi connectivity index (χ1v) is 6.44. The molecule has 0 aromatic carbocycles. The van der Waals surface area contributed by atoms with Crippen LogP contribution in [0.25, 0.3) is 0 Å². The van der Waals surface area contributed by atoms with Gasteiger partial charge >= 0.3 is 0 Å². The lowest BCUT2D eigenvalue weighted by Gasteiger charge is -2.21. The van der Waals surface area contributed by atoms with Crippen LogP contribution in [0.15, 0.2) is 5.16 Å². The fraction of sp³-hybridized carbons (Fsp3) is 0.800. The highest BCUT2D eigenvalue weighted by Gasteiger charge is 2.34. The molecule has 1 saturated carbocycles. The Bertz CT molecular complexity index is 250. The van der Waals surface area contributed by atoms with Gasteiger partial charge in [-0.1, -0.05) is 18.0 Å². The number of nitrogens with zero attached hydrogens (tertiary/aromatic N) is 1. The Morgan fingerprint density at radius 2 is 2.13 bits per heavy atom. The minimum Gasteiger partial charge on any atom is -0.410 e. The van der Waals surface area contributed by atoms with Crippen molar-refractivity contribution in [2.24, 2.45) is 17.0 Å². The van der Waals surface area contributed by atoms with Crippen LogP contribution in [0.3, 0.4) is 0 Å². The van der Waals surface area contributed by atoms with Crippen molar-refractivity contribution in [2.75, 3.05) is 13.3 Å². The van der Waals surface area contributed by atoms with Crippen LogP contribution >= 0.6 is 11.8 Å². The third kappa shape index (κ3) is 2.87. The number of carbonyl (C=O) groups is 1. The maximum absolute atomic E-state index is 11.7. The molecule has 15 heavy (non-hydrogen) atoms. The van der Waals surface area contributed by atoms with Crippen molar-refractivity contribution < 1.29 is 10.0 Å². The molecule has 0 aliphatic heterocycles. The van der Waals surface area contributed by atoms with Crippen LogP contribution in [0.4, 0.5) is 0 Å². The molecule has 1 aliphatic carbocycles. The van der Waals surface area contributed by atoms with Gasteiger partial charge in [-0.2, -0.15) is 0 Å². The second kappa shape index (κ2) is 6.00. The van der Waals surface area contributed by atoms with Gasteiger partial charge in [-0.15, -0.1) is 11.8 Å². The van der Waals surface area contributed by atoms with Crippen LogP contribution in [0.2, 0.25) is 0 Å². The van der Waals surface area contributed by atoms with Gasteiger partial charge in [-0.05, 0) is 25.0 Å². The van der Waals surface area contributed by atoms with E-state index in [1.165, 1.54) is 24.6 Å². The smallest absolute Gasteiger partial charge is 0.229 e. The van der Waals surface area contributed by atoms with Gasteiger partial charge in [0.1, 0.15) is 5.04 Å². The number of nitrogens with one attached hydrogen (secondary N) is 1. The van der Waals surface area contributed by atoms with Crippen molar-refractivity contribution in [1.29, 1.82) is 0 Å². The van der Waals surface area contributed by atoms with Crippen molar-refractivity contribution in [3.8, 4) is 0 Å². The molecule has 1 unspecified atom stereocenters. The quantitative estimate of drug-likeness (QED) is 0.336. The molecule has 1 fully saturated rings. The molecule has 0 saturated heterocycles. The van der Waals surface area contributed by atoms with Gasteiger partial charge < -0.3 is 10.5 Å². The first kappa shape index (κ1) is 12.4. The Labute approximate surface area is 94.5 Å². The van der Waals surface area contributed by atoms with E-state index in [4.69, 9.17) is 5.21 Å². The molecule has 1 amide bonds. The molecule has 0 heterocycles. The molecular weight excluding hydrogens is 212 g/mol. The topological polar surface area (TPSA) is 61.7 Å². The van der Waals surface area contributed by atoms with E-state index in [1.54, 1.807) is 7.05 Å². The van der Waals surface area contributed by atoms with Gasteiger partial charge in [0, 0.05) is 7.05 Å². The van der Waals surface area contributed by atoms with Crippen LogP contribution in [0, 0.1) is 11.8 Å². The molecule has 0 aromatic rings. The Hall–Kier alpha value is -0.710. The van der Waals surface area contributed by atoms with E-state index < -0.39 is 0 Å². The lowest BCUT2D eigenvalue weighted by atomic mass is 9.91. The van der Waals surface area contributed by atoms with Crippen molar-refractivity contribution in [3.05, 3.63) is 0 Å². The molecule has 5 heteroatoms. The molecule has 0 spiro atoms. The molecular formula is C10H18N2O2S. The number of oxime groups is 1. The summed E-state index contributed by atoms with van der Waals surface area (Å²) in [6.07, 6.45) is 6.28. The highest BCUT2D eigenvalue weighted by Crippen LogP contribution is 2.34. The lowest BCUT2D eigenvalue weighted by Crippen LogP contribution is -2.36. The van der Waals surface area contributed by atoms with Crippen LogP contribution in [0.5, 0.6) is 0 Å². The number of hydrogen-bond acceptors (Lipinski definition) is 4. The summed E-state index contributed by atoms with van der Waals surface area (Å²) in [5.74, 6) is 0.0323. The second-order valence-corrected chi connectivity index (χ2v) is 4.61. The summed E-state index contributed by atoms with van der Waals surface area (Å²) in [6, 6.07) is 0. The van der Waals surface area contributed by atoms with Gasteiger partial charge in [0.2, 0.25) is 5.91 Å². The van der Waals surface area contributed by atoms with Gasteiger partial charge in [0.05, 0.1) is 5.92 Å². The van der Waals surface area contributed by atoms with E-state index >= 15 is 0 Å². The zero-order valence-corrected chi connectivity index (χ0v) is 10.0. The second-order valence-electron chi connectivity index (χ2n) is 3.78. The fourth-order valence-corrected chi connectivity index (χ4v) is 2.84. The highest BCUT2D eigenvalue weighted by molar-refractivity contribution is 8.13. The Kier molecular flexibility index (Phi) is 4.94. The molecule has 1 rings (SSSR count). The van der Waals surface area contributed by atoms with Gasteiger partial charge in [0.25, 0.3) is 0 Å². The molecule has 1 aliphatic rings. The number of amides is 1. The highest BCUT2D eigenvalue weighted by atomic mass is 32.2. The van der Waals surface area contributed by atoms with E-state index in [9.17, 15) is 4.79 Å². The van der Waals surface area contributed by atoms with Crippen LogP contribution < -0.4 is 5.32 Å². The van der Waals surface area contributed by atoms with Crippen molar-refractivity contribution in [2.45, 2.75) is 25.7 Å². The third-order valence-electron chi connectivity index (χ3n) is 2.97. The van der Waals surface area contributed by atoms with Gasteiger partial charge in [-0.25, -0.2) is 0 Å². The number of thioether (sulfide) groups is 1. The predicted octanol–water partition coefficient (Wildman–Crippen LogP) is 1.69. The van der Waals surface area contributed by atoms with Crippen LogP contribution in [-0.4, -0.2) is 29.5 Å². The maximum atomic E-state index is 11.7. The Balaban J connectivity index is 2.80. The molecule has 86 valence electrons. The third-order valence-corrected chi connectivity index (χ3v) is 3.73. The molecule has 1 atom stereocenters. The fourth-order valence-electron chi connectivity index (χ4n) is 2.20. The molecule has 4 nitrogen and oxygen atoms in total. The van der Waals surface area contributed by atoms with Gasteiger partial charge in [-0.3, -0.25) is 4.79 Å². The SMILES string of the molecule is CNC(=O)C(C(=NO)SC)C1CCCC1. The predicted molar refractivity (Wildman–Crippen MR) is 62.3 cm³/mol. The van der Waals surface area contributed by atoms with Crippen LogP contribution in [-0.2, 0) is 4.79 Å². The average molecular weight is 230 g/mol. The number of carbonyl (C=O) groups excluding carboxylic acids is 1. The summed E-state index contributed by atoms with van der Waals surface area (Å²) in [7, 11) is 1.62. The summed E-state index contributed by atoms with van der Waals surface area (Å²) in [5.41, 5.74) is 0. The van der Waals surface area contributed by atoms with Crippen molar-refractivity contribution in [3.63, 3.8) is 0 Å². The summed E-state index contributed by atoms with van der Waals surface area (Å²) in [4.78, 5) is 11.7. The van der Waals surface area contributed by atoms with Crippen molar-refractivity contribution in [1.82, 2.24) is 5.32 Å². The van der Waals surface area contributed by atoms with E-state index in [1.807, 2.05) is 6.26 Å². The molecule has 0 radical (unpaired) electrons. The molecule has 0 bridgehead atoms. The number of hydrogen-bond donors (Lipinski definition) is 2. The number of rotatable bonds is 3. The Morgan fingerprint density at radius 1 is 1.53 bits per heavy atom. The molecule has 2 N–H and O–H groups in total. The maximum Gasteiger partial charge on any atom is 0.229 e. The first-order valence-electron chi connectivity index (χ1n) is 5.22. The van der Waals surface area contributed by atoms with E-state index in [0.717, 1.165) is 12.8 Å². The monoisotopic (exact) mass is 230 g/mol. The largest absolute Gasteiger partial charge is 0.410 e.